The molecule has 23 heavy (non-hydrogen) atoms. The van der Waals surface area contributed by atoms with Gasteiger partial charge in [0.25, 0.3) is 0 Å². The molecule has 6 nitrogen and oxygen atoms in total. The molecule has 3 rings (SSSR count). The van der Waals surface area contributed by atoms with E-state index in [2.05, 4.69) is 32.7 Å². The number of anilines is 3. The number of nitrogens with two attached hydrogens (primary N) is 1. The minimum Gasteiger partial charge on any atom is -0.464 e. The number of benzene rings is 1. The zero-order chi connectivity index (χ0) is 16.3. The maximum atomic E-state index is 6.36. The number of hydrogen-bond donors (Lipinski definition) is 3. The molecule has 1 aliphatic rings. The summed E-state index contributed by atoms with van der Waals surface area (Å²) in [5.74, 6) is 0.685. The van der Waals surface area contributed by atoms with Crippen LogP contribution in [0.4, 0.5) is 17.2 Å². The van der Waals surface area contributed by atoms with Crippen LogP contribution < -0.4 is 21.1 Å². The van der Waals surface area contributed by atoms with Crippen molar-refractivity contribution < 1.29 is 4.74 Å². The molecule has 0 spiro atoms. The lowest BCUT2D eigenvalue weighted by Crippen LogP contribution is -2.43. The lowest BCUT2D eigenvalue weighted by molar-refractivity contribution is 0.253. The standard InChI is InChI=1S/C17H23N5O/c1-3-23-16-20-11-14(19-2)15(22-16)21-13-7-5-12(6-8-13)17(18)9-4-10-17/h5-8,11,19H,3-4,9-10,18H2,1-2H3,(H,20,21,22). The van der Waals surface area contributed by atoms with Crippen LogP contribution in [0.1, 0.15) is 31.7 Å². The number of ether oxygens (including phenoxy) is 1. The molecule has 6 heteroatoms. The van der Waals surface area contributed by atoms with Crippen LogP contribution in [0, 0.1) is 0 Å². The molecule has 0 saturated heterocycles. The van der Waals surface area contributed by atoms with Crippen molar-refractivity contribution in [3.05, 3.63) is 36.0 Å². The van der Waals surface area contributed by atoms with Crippen LogP contribution >= 0.6 is 0 Å². The zero-order valence-corrected chi connectivity index (χ0v) is 13.6. The Labute approximate surface area is 136 Å². The van der Waals surface area contributed by atoms with E-state index in [1.54, 1.807) is 6.20 Å². The van der Waals surface area contributed by atoms with E-state index in [0.717, 1.165) is 24.2 Å². The van der Waals surface area contributed by atoms with Gasteiger partial charge in [0.05, 0.1) is 18.5 Å². The van der Waals surface area contributed by atoms with Crippen molar-refractivity contribution in [3.63, 3.8) is 0 Å². The molecule has 1 fully saturated rings. The lowest BCUT2D eigenvalue weighted by atomic mass is 9.73. The van der Waals surface area contributed by atoms with Gasteiger partial charge in [0, 0.05) is 18.3 Å². The van der Waals surface area contributed by atoms with Gasteiger partial charge in [-0.15, -0.1) is 0 Å². The summed E-state index contributed by atoms with van der Waals surface area (Å²) in [4.78, 5) is 8.55. The van der Waals surface area contributed by atoms with Gasteiger partial charge in [-0.1, -0.05) is 12.1 Å². The van der Waals surface area contributed by atoms with Crippen LogP contribution in [0.15, 0.2) is 30.5 Å². The van der Waals surface area contributed by atoms with Crippen molar-refractivity contribution in [2.75, 3.05) is 24.3 Å². The Morgan fingerprint density at radius 1 is 1.26 bits per heavy atom. The molecule has 1 aromatic heterocycles. The molecular formula is C17H23N5O. The first-order valence-electron chi connectivity index (χ1n) is 7.98. The first-order valence-corrected chi connectivity index (χ1v) is 7.98. The summed E-state index contributed by atoms with van der Waals surface area (Å²) in [7, 11) is 1.84. The van der Waals surface area contributed by atoms with Crippen LogP contribution in [-0.2, 0) is 5.54 Å². The predicted octanol–water partition coefficient (Wildman–Crippen LogP) is 3.00. The molecule has 1 saturated carbocycles. The molecule has 1 aromatic carbocycles. The molecule has 2 aromatic rings. The van der Waals surface area contributed by atoms with Gasteiger partial charge >= 0.3 is 6.01 Å². The largest absolute Gasteiger partial charge is 0.464 e. The fourth-order valence-electron chi connectivity index (χ4n) is 2.71. The van der Waals surface area contributed by atoms with Gasteiger partial charge in [0.1, 0.15) is 0 Å². The topological polar surface area (TPSA) is 85.1 Å². The van der Waals surface area contributed by atoms with Crippen molar-refractivity contribution in [3.8, 4) is 6.01 Å². The average molecular weight is 313 g/mol. The van der Waals surface area contributed by atoms with Crippen LogP contribution in [0.25, 0.3) is 0 Å². The van der Waals surface area contributed by atoms with Crippen LogP contribution in [0.2, 0.25) is 0 Å². The van der Waals surface area contributed by atoms with E-state index in [4.69, 9.17) is 10.5 Å². The van der Waals surface area contributed by atoms with Crippen LogP contribution in [-0.4, -0.2) is 23.6 Å². The average Bonchev–Trinajstić information content (AvgIpc) is 2.54. The monoisotopic (exact) mass is 313 g/mol. The summed E-state index contributed by atoms with van der Waals surface area (Å²) in [6.07, 6.45) is 5.04. The molecule has 1 aliphatic carbocycles. The van der Waals surface area contributed by atoms with Gasteiger partial charge < -0.3 is 21.1 Å². The third-order valence-corrected chi connectivity index (χ3v) is 4.28. The summed E-state index contributed by atoms with van der Waals surface area (Å²) >= 11 is 0. The van der Waals surface area contributed by atoms with Gasteiger partial charge in [0.2, 0.25) is 0 Å². The number of rotatable bonds is 6. The van der Waals surface area contributed by atoms with Crippen molar-refractivity contribution in [2.24, 2.45) is 5.73 Å². The summed E-state index contributed by atoms with van der Waals surface area (Å²) in [5.41, 5.74) is 9.18. The van der Waals surface area contributed by atoms with E-state index < -0.39 is 0 Å². The van der Waals surface area contributed by atoms with Crippen molar-refractivity contribution in [2.45, 2.75) is 31.7 Å². The van der Waals surface area contributed by atoms with E-state index in [9.17, 15) is 0 Å². The smallest absolute Gasteiger partial charge is 0.318 e. The molecular weight excluding hydrogens is 290 g/mol. The summed E-state index contributed by atoms with van der Waals surface area (Å²) < 4.78 is 5.36. The Hall–Kier alpha value is -2.34. The first kappa shape index (κ1) is 15.6. The predicted molar refractivity (Wildman–Crippen MR) is 92.2 cm³/mol. The Kier molecular flexibility index (Phi) is 4.34. The molecule has 4 N–H and O–H groups in total. The summed E-state index contributed by atoms with van der Waals surface area (Å²) in [6.45, 7) is 2.44. The van der Waals surface area contributed by atoms with Crippen LogP contribution in [0.5, 0.6) is 6.01 Å². The number of nitrogens with zero attached hydrogens (tertiary/aromatic N) is 2. The second-order valence-electron chi connectivity index (χ2n) is 5.81. The maximum Gasteiger partial charge on any atom is 0.318 e. The van der Waals surface area contributed by atoms with Gasteiger partial charge in [-0.3, -0.25) is 0 Å². The number of hydrogen-bond acceptors (Lipinski definition) is 6. The third kappa shape index (κ3) is 3.22. The van der Waals surface area contributed by atoms with Gasteiger partial charge in [-0.2, -0.15) is 4.98 Å². The Bertz CT molecular complexity index is 667. The zero-order valence-electron chi connectivity index (χ0n) is 13.6. The van der Waals surface area contributed by atoms with E-state index in [1.165, 1.54) is 12.0 Å². The lowest BCUT2D eigenvalue weighted by Gasteiger charge is -2.38. The second kappa shape index (κ2) is 6.42. The van der Waals surface area contributed by atoms with E-state index >= 15 is 0 Å². The maximum absolute atomic E-state index is 6.36. The molecule has 0 bridgehead atoms. The second-order valence-corrected chi connectivity index (χ2v) is 5.81. The normalized spacial score (nSPS) is 15.6. The number of aromatic nitrogens is 2. The van der Waals surface area contributed by atoms with Crippen molar-refractivity contribution in [1.29, 1.82) is 0 Å². The summed E-state index contributed by atoms with van der Waals surface area (Å²) in [6, 6.07) is 8.60. The van der Waals surface area contributed by atoms with Crippen molar-refractivity contribution >= 4 is 17.2 Å². The first-order chi connectivity index (χ1) is 11.1. The molecule has 0 radical (unpaired) electrons. The Morgan fingerprint density at radius 2 is 2.00 bits per heavy atom. The van der Waals surface area contributed by atoms with Gasteiger partial charge in [-0.25, -0.2) is 4.98 Å². The Balaban J connectivity index is 1.79. The van der Waals surface area contributed by atoms with Crippen molar-refractivity contribution in [1.82, 2.24) is 9.97 Å². The molecule has 122 valence electrons. The van der Waals surface area contributed by atoms with Gasteiger partial charge in [-0.05, 0) is 43.9 Å². The SMILES string of the molecule is CCOc1ncc(NC)c(Nc2ccc(C3(N)CCC3)cc2)n1. The molecule has 0 aliphatic heterocycles. The highest BCUT2D eigenvalue weighted by atomic mass is 16.5. The molecule has 0 amide bonds. The highest BCUT2D eigenvalue weighted by Gasteiger charge is 2.33. The fourth-order valence-corrected chi connectivity index (χ4v) is 2.71. The van der Waals surface area contributed by atoms with Gasteiger partial charge in [0.15, 0.2) is 5.82 Å². The van der Waals surface area contributed by atoms with E-state index in [1.807, 2.05) is 26.1 Å². The van der Waals surface area contributed by atoms with Crippen LogP contribution in [0.3, 0.4) is 0 Å². The quantitative estimate of drug-likeness (QED) is 0.760. The third-order valence-electron chi connectivity index (χ3n) is 4.28. The Morgan fingerprint density at radius 3 is 2.57 bits per heavy atom. The summed E-state index contributed by atoms with van der Waals surface area (Å²) in [5, 5.41) is 6.38. The molecule has 0 unspecified atom stereocenters. The minimum atomic E-state index is -0.133. The highest BCUT2D eigenvalue weighted by Crippen LogP contribution is 2.39. The number of nitrogens with one attached hydrogen (secondary N) is 2. The van der Waals surface area contributed by atoms with E-state index in [-0.39, 0.29) is 5.54 Å². The molecule has 0 atom stereocenters. The fraction of sp³-hybridized carbons (Fsp3) is 0.412. The highest BCUT2D eigenvalue weighted by molar-refractivity contribution is 5.70. The minimum absolute atomic E-state index is 0.133. The van der Waals surface area contributed by atoms with E-state index in [0.29, 0.717) is 18.4 Å². The molecule has 1 heterocycles.